The number of nitrogens with one attached hydrogen (secondary N) is 3. The van der Waals surface area contributed by atoms with Crippen molar-refractivity contribution in [2.45, 2.75) is 12.0 Å². The Balaban J connectivity index is 1.60. The minimum Gasteiger partial charge on any atom is -0.479 e. The predicted octanol–water partition coefficient (Wildman–Crippen LogP) is 1.22. The van der Waals surface area contributed by atoms with Crippen LogP contribution in [0.3, 0.4) is 0 Å². The number of para-hydroxylation sites is 1. The Morgan fingerprint density at radius 3 is 2.42 bits per heavy atom. The van der Waals surface area contributed by atoms with Gasteiger partial charge in [0.15, 0.2) is 6.10 Å². The molecule has 3 rings (SSSR count). The topological polar surface area (TPSA) is 88.4 Å². The van der Waals surface area contributed by atoms with E-state index < -0.39 is 6.10 Å². The Hall–Kier alpha value is -2.41. The first kappa shape index (κ1) is 16.4. The molecule has 0 bridgehead atoms. The summed E-state index contributed by atoms with van der Waals surface area (Å²) in [4.78, 5) is 12.4. The molecule has 1 aliphatic heterocycles. The van der Waals surface area contributed by atoms with Gasteiger partial charge in [-0.15, -0.1) is 0 Å². The van der Waals surface area contributed by atoms with Gasteiger partial charge in [-0.05, 0) is 29.8 Å². The standard InChI is InChI=1S/C18H22N4O2/c19-10-17(24-16-4-2-1-3-5-16)18(23)22-15-8-6-13(7-9-15)14-11-20-21-12-14/h1-9,14,17,20-21H,10-12,19H2,(H,22,23). The molecule has 1 unspecified atom stereocenters. The fourth-order valence-corrected chi connectivity index (χ4v) is 2.63. The average Bonchev–Trinajstić information content (AvgIpc) is 3.16. The minimum absolute atomic E-state index is 0.109. The number of carbonyl (C=O) groups excluding carboxylic acids is 1. The zero-order chi connectivity index (χ0) is 16.8. The van der Waals surface area contributed by atoms with Crippen molar-refractivity contribution < 1.29 is 9.53 Å². The van der Waals surface area contributed by atoms with E-state index in [0.29, 0.717) is 11.7 Å². The Kier molecular flexibility index (Phi) is 5.43. The fraction of sp³-hybridized carbons (Fsp3) is 0.278. The van der Waals surface area contributed by atoms with Crippen LogP contribution in [0, 0.1) is 0 Å². The smallest absolute Gasteiger partial charge is 0.266 e. The van der Waals surface area contributed by atoms with Gasteiger partial charge in [0.05, 0.1) is 0 Å². The van der Waals surface area contributed by atoms with Gasteiger partial charge in [-0.25, -0.2) is 0 Å². The van der Waals surface area contributed by atoms with Crippen LogP contribution in [0.2, 0.25) is 0 Å². The number of hydrogen-bond donors (Lipinski definition) is 4. The van der Waals surface area contributed by atoms with Crippen molar-refractivity contribution in [3.8, 4) is 5.75 Å². The highest BCUT2D eigenvalue weighted by molar-refractivity contribution is 5.94. The van der Waals surface area contributed by atoms with E-state index in [1.807, 2.05) is 42.5 Å². The summed E-state index contributed by atoms with van der Waals surface area (Å²) < 4.78 is 5.65. The van der Waals surface area contributed by atoms with Gasteiger partial charge in [0, 0.05) is 31.2 Å². The first-order valence-electron chi connectivity index (χ1n) is 8.04. The van der Waals surface area contributed by atoms with Crippen LogP contribution in [-0.4, -0.2) is 31.6 Å². The van der Waals surface area contributed by atoms with E-state index in [-0.39, 0.29) is 12.5 Å². The Labute approximate surface area is 141 Å². The highest BCUT2D eigenvalue weighted by Crippen LogP contribution is 2.19. The van der Waals surface area contributed by atoms with Gasteiger partial charge in [0.1, 0.15) is 5.75 Å². The first-order valence-corrected chi connectivity index (χ1v) is 8.04. The summed E-state index contributed by atoms with van der Waals surface area (Å²) in [5.41, 5.74) is 13.9. The van der Waals surface area contributed by atoms with E-state index in [4.69, 9.17) is 10.5 Å². The Morgan fingerprint density at radius 2 is 1.79 bits per heavy atom. The zero-order valence-electron chi connectivity index (χ0n) is 13.4. The fourth-order valence-electron chi connectivity index (χ4n) is 2.63. The monoisotopic (exact) mass is 326 g/mol. The second-order valence-electron chi connectivity index (χ2n) is 5.73. The molecule has 24 heavy (non-hydrogen) atoms. The predicted molar refractivity (Wildman–Crippen MR) is 93.7 cm³/mol. The van der Waals surface area contributed by atoms with Crippen LogP contribution < -0.4 is 26.6 Å². The van der Waals surface area contributed by atoms with E-state index in [1.165, 1.54) is 5.56 Å². The minimum atomic E-state index is -0.727. The molecule has 6 heteroatoms. The number of anilines is 1. The first-order chi connectivity index (χ1) is 11.8. The van der Waals surface area contributed by atoms with Crippen molar-refractivity contribution in [1.82, 2.24) is 10.9 Å². The van der Waals surface area contributed by atoms with Crippen molar-refractivity contribution in [2.24, 2.45) is 5.73 Å². The molecule has 2 aromatic carbocycles. The molecule has 0 aliphatic carbocycles. The van der Waals surface area contributed by atoms with Crippen LogP contribution in [0.4, 0.5) is 5.69 Å². The highest BCUT2D eigenvalue weighted by atomic mass is 16.5. The lowest BCUT2D eigenvalue weighted by Gasteiger charge is -2.17. The molecule has 6 nitrogen and oxygen atoms in total. The normalized spacial score (nSPS) is 15.9. The summed E-state index contributed by atoms with van der Waals surface area (Å²) in [5, 5.41) is 2.86. The molecule has 1 fully saturated rings. The second kappa shape index (κ2) is 7.92. The molecule has 2 aromatic rings. The van der Waals surface area contributed by atoms with Gasteiger partial charge in [0.2, 0.25) is 0 Å². The van der Waals surface area contributed by atoms with Crippen LogP contribution in [-0.2, 0) is 4.79 Å². The third-order valence-electron chi connectivity index (χ3n) is 4.00. The molecule has 1 heterocycles. The van der Waals surface area contributed by atoms with Gasteiger partial charge in [-0.1, -0.05) is 30.3 Å². The van der Waals surface area contributed by atoms with E-state index in [2.05, 4.69) is 16.2 Å². The molecule has 0 aromatic heterocycles. The molecule has 0 spiro atoms. The lowest BCUT2D eigenvalue weighted by molar-refractivity contribution is -0.122. The van der Waals surface area contributed by atoms with Crippen molar-refractivity contribution in [2.75, 3.05) is 25.0 Å². The van der Waals surface area contributed by atoms with E-state index in [1.54, 1.807) is 12.1 Å². The number of carbonyl (C=O) groups is 1. The number of nitrogens with two attached hydrogens (primary N) is 1. The van der Waals surface area contributed by atoms with Gasteiger partial charge in [-0.3, -0.25) is 15.6 Å². The number of benzene rings is 2. The van der Waals surface area contributed by atoms with Crippen LogP contribution in [0.15, 0.2) is 54.6 Å². The number of ether oxygens (including phenoxy) is 1. The molecule has 126 valence electrons. The van der Waals surface area contributed by atoms with Crippen LogP contribution in [0.5, 0.6) is 5.75 Å². The summed E-state index contributed by atoms with van der Waals surface area (Å²) in [7, 11) is 0. The molecule has 0 saturated carbocycles. The van der Waals surface area contributed by atoms with Gasteiger partial charge in [0.25, 0.3) is 5.91 Å². The quantitative estimate of drug-likeness (QED) is 0.641. The maximum atomic E-state index is 12.4. The molecule has 1 saturated heterocycles. The number of amides is 1. The van der Waals surface area contributed by atoms with Crippen LogP contribution in [0.1, 0.15) is 11.5 Å². The third-order valence-corrected chi connectivity index (χ3v) is 4.00. The van der Waals surface area contributed by atoms with E-state index >= 15 is 0 Å². The summed E-state index contributed by atoms with van der Waals surface area (Å²) in [6.45, 7) is 1.93. The SMILES string of the molecule is NCC(Oc1ccccc1)C(=O)Nc1ccc(C2CNNC2)cc1. The van der Waals surface area contributed by atoms with Crippen LogP contribution in [0.25, 0.3) is 0 Å². The largest absolute Gasteiger partial charge is 0.479 e. The summed E-state index contributed by atoms with van der Waals surface area (Å²) in [6, 6.07) is 17.1. The van der Waals surface area contributed by atoms with Crippen molar-refractivity contribution in [3.63, 3.8) is 0 Å². The Bertz CT molecular complexity index is 654. The van der Waals surface area contributed by atoms with Crippen molar-refractivity contribution >= 4 is 11.6 Å². The van der Waals surface area contributed by atoms with Gasteiger partial charge >= 0.3 is 0 Å². The van der Waals surface area contributed by atoms with Crippen LogP contribution >= 0.6 is 0 Å². The second-order valence-corrected chi connectivity index (χ2v) is 5.73. The average molecular weight is 326 g/mol. The van der Waals surface area contributed by atoms with E-state index in [9.17, 15) is 4.79 Å². The lowest BCUT2D eigenvalue weighted by atomic mass is 10.0. The van der Waals surface area contributed by atoms with Gasteiger partial charge in [-0.2, -0.15) is 0 Å². The molecule has 5 N–H and O–H groups in total. The van der Waals surface area contributed by atoms with Crippen molar-refractivity contribution in [3.05, 3.63) is 60.2 Å². The van der Waals surface area contributed by atoms with E-state index in [0.717, 1.165) is 18.8 Å². The third kappa shape index (κ3) is 4.11. The highest BCUT2D eigenvalue weighted by Gasteiger charge is 2.20. The van der Waals surface area contributed by atoms with Crippen molar-refractivity contribution in [1.29, 1.82) is 0 Å². The summed E-state index contributed by atoms with van der Waals surface area (Å²) in [6.07, 6.45) is -0.727. The molecule has 1 amide bonds. The Morgan fingerprint density at radius 1 is 1.12 bits per heavy atom. The maximum Gasteiger partial charge on any atom is 0.266 e. The molecular formula is C18H22N4O2. The molecule has 0 radical (unpaired) electrons. The molecular weight excluding hydrogens is 304 g/mol. The molecule has 1 aliphatic rings. The summed E-state index contributed by atoms with van der Waals surface area (Å²) >= 11 is 0. The number of rotatable bonds is 6. The zero-order valence-corrected chi connectivity index (χ0v) is 13.4. The van der Waals surface area contributed by atoms with Gasteiger partial charge < -0.3 is 15.8 Å². The number of hydrazine groups is 1. The number of hydrogen-bond acceptors (Lipinski definition) is 5. The molecule has 1 atom stereocenters. The maximum absolute atomic E-state index is 12.4. The summed E-state index contributed by atoms with van der Waals surface area (Å²) in [5.74, 6) is 0.825. The lowest BCUT2D eigenvalue weighted by Crippen LogP contribution is -2.39.